The maximum absolute atomic E-state index is 13.0. The van der Waals surface area contributed by atoms with Crippen LogP contribution >= 0.6 is 0 Å². The number of nitrogens with one attached hydrogen (secondary N) is 2. The highest BCUT2D eigenvalue weighted by Crippen LogP contribution is 2.34. The molecule has 0 bridgehead atoms. The fraction of sp³-hybridized carbons (Fsp3) is 0.154. The lowest BCUT2D eigenvalue weighted by molar-refractivity contribution is -0.120. The average molecular weight is 442 g/mol. The van der Waals surface area contributed by atoms with Crippen LogP contribution in [-0.2, 0) is 17.8 Å². The van der Waals surface area contributed by atoms with Crippen LogP contribution in [-0.4, -0.2) is 18.0 Å². The van der Waals surface area contributed by atoms with E-state index in [-0.39, 0.29) is 23.3 Å². The standard InChI is InChI=1S/C26H22N2O5/c1-15-12-22(29)26-25(32-15)20(24(33-26)16-6-8-18(31-2)9-7-16)13-23(30)28-14-17-4-3-5-21-19(17)10-11-27-21/h3-12,27H,13-14H2,1-2H3,(H,28,30). The Balaban J connectivity index is 1.48. The Labute approximate surface area is 189 Å². The summed E-state index contributed by atoms with van der Waals surface area (Å²) in [7, 11) is 1.59. The molecule has 3 heterocycles. The zero-order chi connectivity index (χ0) is 22.9. The lowest BCUT2D eigenvalue weighted by Gasteiger charge is -2.08. The first-order valence-corrected chi connectivity index (χ1v) is 10.6. The molecule has 5 aromatic rings. The van der Waals surface area contributed by atoms with Crippen LogP contribution in [0.3, 0.4) is 0 Å². The highest BCUT2D eigenvalue weighted by molar-refractivity contribution is 5.90. The molecule has 0 radical (unpaired) electrons. The van der Waals surface area contributed by atoms with Crippen molar-refractivity contribution in [3.05, 3.63) is 87.9 Å². The zero-order valence-corrected chi connectivity index (χ0v) is 18.2. The Morgan fingerprint density at radius 1 is 1.06 bits per heavy atom. The van der Waals surface area contributed by atoms with Crippen LogP contribution in [0, 0.1) is 6.92 Å². The predicted octanol–water partition coefficient (Wildman–Crippen LogP) is 4.71. The molecule has 0 atom stereocenters. The van der Waals surface area contributed by atoms with Gasteiger partial charge in [-0.15, -0.1) is 0 Å². The molecule has 33 heavy (non-hydrogen) atoms. The SMILES string of the molecule is COc1ccc(-c2oc3c(=O)cc(C)oc3c2CC(=O)NCc2cccc3[nH]ccc23)cc1. The van der Waals surface area contributed by atoms with E-state index in [9.17, 15) is 9.59 Å². The van der Waals surface area contributed by atoms with Crippen LogP contribution in [0.15, 0.2) is 74.4 Å². The minimum absolute atomic E-state index is 0.00384. The number of aromatic nitrogens is 1. The summed E-state index contributed by atoms with van der Waals surface area (Å²) in [5.74, 6) is 1.37. The Hall–Kier alpha value is -4.26. The molecule has 0 aliphatic heterocycles. The van der Waals surface area contributed by atoms with E-state index in [1.54, 1.807) is 26.2 Å². The van der Waals surface area contributed by atoms with E-state index < -0.39 is 0 Å². The first-order valence-electron chi connectivity index (χ1n) is 10.6. The summed E-state index contributed by atoms with van der Waals surface area (Å²) in [5.41, 5.74) is 3.40. The average Bonchev–Trinajstić information content (AvgIpc) is 3.43. The van der Waals surface area contributed by atoms with Crippen molar-refractivity contribution in [3.63, 3.8) is 0 Å². The Morgan fingerprint density at radius 3 is 2.67 bits per heavy atom. The maximum Gasteiger partial charge on any atom is 0.228 e. The van der Waals surface area contributed by atoms with Gasteiger partial charge in [-0.25, -0.2) is 0 Å². The summed E-state index contributed by atoms with van der Waals surface area (Å²) in [6, 6.07) is 16.5. The van der Waals surface area contributed by atoms with Gasteiger partial charge in [0, 0.05) is 35.3 Å². The number of rotatable bonds is 6. The summed E-state index contributed by atoms with van der Waals surface area (Å²) in [6.45, 7) is 2.08. The smallest absolute Gasteiger partial charge is 0.228 e. The summed E-state index contributed by atoms with van der Waals surface area (Å²) in [5, 5.41) is 4.04. The molecule has 2 N–H and O–H groups in total. The maximum atomic E-state index is 13.0. The Morgan fingerprint density at radius 2 is 1.88 bits per heavy atom. The Kier molecular flexibility index (Phi) is 5.22. The molecule has 5 rings (SSSR count). The third kappa shape index (κ3) is 3.89. The molecule has 0 aliphatic rings. The van der Waals surface area contributed by atoms with Crippen molar-refractivity contribution in [3.8, 4) is 17.1 Å². The quantitative estimate of drug-likeness (QED) is 0.397. The van der Waals surface area contributed by atoms with Crippen molar-refractivity contribution < 1.29 is 18.4 Å². The van der Waals surface area contributed by atoms with Crippen molar-refractivity contribution in [1.29, 1.82) is 0 Å². The van der Waals surface area contributed by atoms with Crippen molar-refractivity contribution in [2.24, 2.45) is 0 Å². The van der Waals surface area contributed by atoms with E-state index in [1.165, 1.54) is 6.07 Å². The lowest BCUT2D eigenvalue weighted by atomic mass is 10.0. The van der Waals surface area contributed by atoms with Gasteiger partial charge >= 0.3 is 0 Å². The third-order valence-corrected chi connectivity index (χ3v) is 5.63. The summed E-state index contributed by atoms with van der Waals surface area (Å²) < 4.78 is 17.0. The molecule has 7 nitrogen and oxygen atoms in total. The number of aryl methyl sites for hydroxylation is 1. The third-order valence-electron chi connectivity index (χ3n) is 5.63. The molecular formula is C26H22N2O5. The van der Waals surface area contributed by atoms with Crippen LogP contribution in [0.4, 0.5) is 0 Å². The number of hydrogen-bond donors (Lipinski definition) is 2. The van der Waals surface area contributed by atoms with Gasteiger partial charge in [0.05, 0.1) is 19.1 Å². The predicted molar refractivity (Wildman–Crippen MR) is 125 cm³/mol. The van der Waals surface area contributed by atoms with E-state index in [4.69, 9.17) is 13.6 Å². The second kappa shape index (κ2) is 8.35. The molecule has 1 amide bonds. The van der Waals surface area contributed by atoms with Crippen LogP contribution in [0.25, 0.3) is 33.4 Å². The van der Waals surface area contributed by atoms with E-state index in [1.807, 2.05) is 42.6 Å². The van der Waals surface area contributed by atoms with Crippen molar-refractivity contribution >= 4 is 28.0 Å². The molecule has 3 aromatic heterocycles. The molecule has 2 aromatic carbocycles. The fourth-order valence-corrected chi connectivity index (χ4v) is 4.02. The number of aromatic amines is 1. The van der Waals surface area contributed by atoms with Crippen molar-refractivity contribution in [2.75, 3.05) is 7.11 Å². The van der Waals surface area contributed by atoms with Crippen molar-refractivity contribution in [1.82, 2.24) is 10.3 Å². The highest BCUT2D eigenvalue weighted by atomic mass is 16.5. The van der Waals surface area contributed by atoms with Gasteiger partial charge in [-0.1, -0.05) is 12.1 Å². The van der Waals surface area contributed by atoms with Gasteiger partial charge in [-0.3, -0.25) is 9.59 Å². The normalized spacial score (nSPS) is 11.2. The number of furan rings is 1. The number of fused-ring (bicyclic) bond motifs is 2. The molecule has 7 heteroatoms. The number of carbonyl (C=O) groups is 1. The van der Waals surface area contributed by atoms with Gasteiger partial charge in [0.1, 0.15) is 17.3 Å². The minimum atomic E-state index is -0.283. The highest BCUT2D eigenvalue weighted by Gasteiger charge is 2.23. The van der Waals surface area contributed by atoms with Crippen LogP contribution in [0.2, 0.25) is 0 Å². The molecule has 0 aliphatic carbocycles. The fourth-order valence-electron chi connectivity index (χ4n) is 4.02. The van der Waals surface area contributed by atoms with E-state index >= 15 is 0 Å². The number of carbonyl (C=O) groups excluding carboxylic acids is 1. The molecule has 0 spiro atoms. The topological polar surface area (TPSA) is 97.5 Å². The van der Waals surface area contributed by atoms with E-state index in [0.29, 0.717) is 35.0 Å². The first-order chi connectivity index (χ1) is 16.0. The monoisotopic (exact) mass is 442 g/mol. The van der Waals surface area contributed by atoms with Gasteiger partial charge in [0.25, 0.3) is 0 Å². The molecule has 0 saturated carbocycles. The van der Waals surface area contributed by atoms with E-state index in [2.05, 4.69) is 10.3 Å². The molecule has 166 valence electrons. The summed E-state index contributed by atoms with van der Waals surface area (Å²) in [4.78, 5) is 28.6. The summed E-state index contributed by atoms with van der Waals surface area (Å²) in [6.07, 6.45) is 1.88. The van der Waals surface area contributed by atoms with E-state index in [0.717, 1.165) is 22.0 Å². The zero-order valence-electron chi connectivity index (χ0n) is 18.2. The second-order valence-electron chi connectivity index (χ2n) is 7.83. The number of ether oxygens (including phenoxy) is 1. The van der Waals surface area contributed by atoms with Crippen LogP contribution in [0.1, 0.15) is 16.9 Å². The first kappa shape index (κ1) is 20.6. The Bertz CT molecular complexity index is 1520. The van der Waals surface area contributed by atoms with Crippen LogP contribution in [0.5, 0.6) is 5.75 Å². The largest absolute Gasteiger partial charge is 0.497 e. The molecule has 0 fully saturated rings. The van der Waals surface area contributed by atoms with Crippen LogP contribution < -0.4 is 15.5 Å². The van der Waals surface area contributed by atoms with Gasteiger partial charge in [-0.05, 0) is 48.9 Å². The number of benzene rings is 2. The number of H-pyrrole nitrogens is 1. The number of methoxy groups -OCH3 is 1. The van der Waals surface area contributed by atoms with Gasteiger partial charge < -0.3 is 23.9 Å². The molecule has 0 saturated heterocycles. The summed E-state index contributed by atoms with van der Waals surface area (Å²) >= 11 is 0. The van der Waals surface area contributed by atoms with Gasteiger partial charge in [-0.2, -0.15) is 0 Å². The number of amides is 1. The van der Waals surface area contributed by atoms with Crippen molar-refractivity contribution in [2.45, 2.75) is 19.9 Å². The molecule has 0 unspecified atom stereocenters. The second-order valence-corrected chi connectivity index (χ2v) is 7.83. The number of hydrogen-bond acceptors (Lipinski definition) is 5. The molecular weight excluding hydrogens is 420 g/mol. The van der Waals surface area contributed by atoms with Gasteiger partial charge in [0.15, 0.2) is 5.58 Å². The minimum Gasteiger partial charge on any atom is -0.497 e. The lowest BCUT2D eigenvalue weighted by Crippen LogP contribution is -2.24. The van der Waals surface area contributed by atoms with Gasteiger partial charge in [0.2, 0.25) is 16.9 Å².